The summed E-state index contributed by atoms with van der Waals surface area (Å²) >= 11 is 3.42. The highest BCUT2D eigenvalue weighted by Crippen LogP contribution is 2.36. The first kappa shape index (κ1) is 29.0. The van der Waals surface area contributed by atoms with Gasteiger partial charge in [-0.2, -0.15) is 10.2 Å². The largest absolute Gasteiger partial charge is 0.444 e. The topological polar surface area (TPSA) is 93.2 Å². The van der Waals surface area contributed by atoms with E-state index in [4.69, 9.17) is 4.74 Å². The molecule has 8 rings (SSSR count). The molecule has 6 aromatic rings. The van der Waals surface area contributed by atoms with Crippen LogP contribution in [0.2, 0.25) is 0 Å². The minimum absolute atomic E-state index is 0.193. The molecule has 1 amide bonds. The molecule has 2 aliphatic heterocycles. The van der Waals surface area contributed by atoms with Crippen LogP contribution in [0.15, 0.2) is 102 Å². The lowest BCUT2D eigenvalue weighted by molar-refractivity contribution is 0.0214. The van der Waals surface area contributed by atoms with E-state index in [1.165, 1.54) is 5.69 Å². The number of nitrogens with zero attached hydrogens (tertiary/aromatic N) is 8. The second kappa shape index (κ2) is 11.6. The van der Waals surface area contributed by atoms with Crippen LogP contribution in [0.3, 0.4) is 0 Å². The lowest BCUT2D eigenvalue weighted by atomic mass is 10.1. The van der Waals surface area contributed by atoms with Crippen molar-refractivity contribution in [2.75, 3.05) is 18.0 Å². The first-order valence-electron chi connectivity index (χ1n) is 14.9. The van der Waals surface area contributed by atoms with Crippen molar-refractivity contribution in [2.45, 2.75) is 44.9 Å². The zero-order chi connectivity index (χ0) is 31.1. The minimum Gasteiger partial charge on any atom is -0.444 e. The van der Waals surface area contributed by atoms with Gasteiger partial charge in [-0.3, -0.25) is 0 Å². The van der Waals surface area contributed by atoms with Gasteiger partial charge < -0.3 is 14.5 Å². The van der Waals surface area contributed by atoms with Crippen molar-refractivity contribution in [1.29, 1.82) is 0 Å². The average molecular weight is 666 g/mol. The number of benzene rings is 2. The number of rotatable bonds is 3. The normalized spacial score (nSPS) is 17.5. The average Bonchev–Trinajstić information content (AvgIpc) is 3.84. The Morgan fingerprint density at radius 3 is 1.82 bits per heavy atom. The Bertz CT molecular complexity index is 1960. The molecule has 2 aliphatic rings. The highest BCUT2D eigenvalue weighted by molar-refractivity contribution is 9.10. The van der Waals surface area contributed by atoms with Crippen LogP contribution in [0, 0.1) is 0 Å². The van der Waals surface area contributed by atoms with Crippen LogP contribution in [0.1, 0.15) is 27.2 Å². The molecule has 0 unspecified atom stereocenters. The van der Waals surface area contributed by atoms with E-state index in [9.17, 15) is 4.79 Å². The van der Waals surface area contributed by atoms with Crippen LogP contribution in [0.25, 0.3) is 33.5 Å². The maximum Gasteiger partial charge on any atom is 0.410 e. The Morgan fingerprint density at radius 1 is 0.756 bits per heavy atom. The number of likely N-dealkylation sites (tertiary alicyclic amines) is 1. The summed E-state index contributed by atoms with van der Waals surface area (Å²) < 4.78 is 10.2. The van der Waals surface area contributed by atoms with Gasteiger partial charge in [-0.15, -0.1) is 0 Å². The van der Waals surface area contributed by atoms with Crippen molar-refractivity contribution in [3.63, 3.8) is 0 Å². The summed E-state index contributed by atoms with van der Waals surface area (Å²) in [6, 6.07) is 21.0. The summed E-state index contributed by atoms with van der Waals surface area (Å²) in [7, 11) is 0. The molecule has 6 heterocycles. The molecule has 228 valence electrons. The Morgan fingerprint density at radius 2 is 1.31 bits per heavy atom. The molecule has 2 aromatic carbocycles. The molecule has 0 radical (unpaired) electrons. The number of amides is 1. The molecule has 11 heteroatoms. The van der Waals surface area contributed by atoms with Gasteiger partial charge in [0.25, 0.3) is 0 Å². The van der Waals surface area contributed by atoms with Crippen molar-refractivity contribution in [3.8, 4) is 22.3 Å². The zero-order valence-corrected chi connectivity index (χ0v) is 26.9. The molecular formula is C34H33BrN8O2. The Labute approximate surface area is 269 Å². The smallest absolute Gasteiger partial charge is 0.410 e. The first-order valence-corrected chi connectivity index (χ1v) is 15.7. The highest BCUT2D eigenvalue weighted by Gasteiger charge is 2.46. The van der Waals surface area contributed by atoms with Gasteiger partial charge in [-0.25, -0.2) is 23.8 Å². The van der Waals surface area contributed by atoms with Gasteiger partial charge in [0.05, 0.1) is 18.4 Å². The van der Waals surface area contributed by atoms with E-state index in [1.54, 1.807) is 21.4 Å². The third-order valence-electron chi connectivity index (χ3n) is 8.07. The molecule has 0 saturated carbocycles. The molecular weight excluding hydrogens is 632 g/mol. The van der Waals surface area contributed by atoms with Gasteiger partial charge in [0.1, 0.15) is 5.60 Å². The van der Waals surface area contributed by atoms with Gasteiger partial charge in [0, 0.05) is 77.3 Å². The number of anilines is 1. The van der Waals surface area contributed by atoms with Crippen LogP contribution in [0.5, 0.6) is 0 Å². The third kappa shape index (κ3) is 6.12. The lowest BCUT2D eigenvalue weighted by Gasteiger charge is -2.36. The van der Waals surface area contributed by atoms with Gasteiger partial charge in [-0.1, -0.05) is 40.2 Å². The molecule has 45 heavy (non-hydrogen) atoms. The van der Waals surface area contributed by atoms with E-state index < -0.39 is 5.60 Å². The molecule has 2 atom stereocenters. The fourth-order valence-electron chi connectivity index (χ4n) is 5.93. The second-order valence-corrected chi connectivity index (χ2v) is 13.3. The molecule has 2 saturated heterocycles. The standard InChI is InChI=1S/C22H25N5O2.C12H8BrN3/c1-22(2,3)29-21(28)26-14-18-10-19(26)13-25(18)17-6-4-15(5-7-17)16-11-23-20-8-9-24-27(20)12-16;13-11-3-1-9(2-4-11)10-7-14-12-5-6-15-16(12)8-10/h4-9,11-12,18-19H,10,13-14H2,1-3H3;1-8H/t18-,19-;/m0./s1. The molecule has 2 bridgehead atoms. The zero-order valence-electron chi connectivity index (χ0n) is 25.3. The SMILES string of the molecule is Brc1ccc(-c2cnc3ccnn3c2)cc1.CC(C)(C)OC(=O)N1C[C@@H]2C[C@H]1CN2c1ccc(-c2cnc3ccnn3c2)cc1. The van der Waals surface area contributed by atoms with E-state index in [0.717, 1.165) is 57.5 Å². The van der Waals surface area contributed by atoms with Crippen molar-refractivity contribution >= 4 is 39.0 Å². The van der Waals surface area contributed by atoms with Crippen molar-refractivity contribution in [3.05, 3.63) is 102 Å². The van der Waals surface area contributed by atoms with E-state index >= 15 is 0 Å². The summed E-state index contributed by atoms with van der Waals surface area (Å²) in [5, 5.41) is 8.43. The number of halogens is 1. The maximum atomic E-state index is 12.4. The van der Waals surface area contributed by atoms with Crippen LogP contribution in [-0.2, 0) is 4.74 Å². The molecule has 4 aromatic heterocycles. The van der Waals surface area contributed by atoms with Crippen LogP contribution in [-0.4, -0.2) is 71.0 Å². The number of hydrogen-bond donors (Lipinski definition) is 0. The predicted octanol–water partition coefficient (Wildman–Crippen LogP) is 6.75. The fraction of sp³-hybridized carbons (Fsp3) is 0.265. The predicted molar refractivity (Wildman–Crippen MR) is 177 cm³/mol. The number of piperazine rings is 1. The fourth-order valence-corrected chi connectivity index (χ4v) is 6.20. The number of aromatic nitrogens is 6. The summed E-state index contributed by atoms with van der Waals surface area (Å²) in [4.78, 5) is 25.5. The third-order valence-corrected chi connectivity index (χ3v) is 8.60. The van der Waals surface area contributed by atoms with Crippen molar-refractivity contribution < 1.29 is 9.53 Å². The summed E-state index contributed by atoms with van der Waals surface area (Å²) in [5.41, 5.74) is 6.77. The van der Waals surface area contributed by atoms with Gasteiger partial charge >= 0.3 is 6.09 Å². The Balaban J connectivity index is 0.000000171. The Hall–Kier alpha value is -4.77. The van der Waals surface area contributed by atoms with Gasteiger partial charge in [-0.05, 0) is 62.6 Å². The molecule has 10 nitrogen and oxygen atoms in total. The van der Waals surface area contributed by atoms with Gasteiger partial charge in [0.2, 0.25) is 0 Å². The van der Waals surface area contributed by atoms with E-state index in [0.29, 0.717) is 6.04 Å². The monoisotopic (exact) mass is 664 g/mol. The van der Waals surface area contributed by atoms with Crippen molar-refractivity contribution in [1.82, 2.24) is 34.1 Å². The van der Waals surface area contributed by atoms with Crippen LogP contribution in [0.4, 0.5) is 10.5 Å². The van der Waals surface area contributed by atoms with E-state index in [2.05, 4.69) is 77.4 Å². The number of fused-ring (bicyclic) bond motifs is 4. The molecule has 0 spiro atoms. The van der Waals surface area contributed by atoms with E-state index in [-0.39, 0.29) is 12.1 Å². The minimum atomic E-state index is -0.456. The van der Waals surface area contributed by atoms with Crippen molar-refractivity contribution in [2.24, 2.45) is 0 Å². The summed E-state index contributed by atoms with van der Waals surface area (Å²) in [6.07, 6.45) is 12.0. The van der Waals surface area contributed by atoms with Crippen LogP contribution >= 0.6 is 15.9 Å². The molecule has 2 fully saturated rings. The summed E-state index contributed by atoms with van der Waals surface area (Å²) in [6.45, 7) is 7.30. The lowest BCUT2D eigenvalue weighted by Crippen LogP contribution is -2.50. The number of ether oxygens (including phenoxy) is 1. The Kier molecular flexibility index (Phi) is 7.48. The van der Waals surface area contributed by atoms with E-state index in [1.807, 2.05) is 74.7 Å². The second-order valence-electron chi connectivity index (χ2n) is 12.3. The molecule has 0 aliphatic carbocycles. The maximum absolute atomic E-state index is 12.4. The summed E-state index contributed by atoms with van der Waals surface area (Å²) in [5.74, 6) is 0. The van der Waals surface area contributed by atoms with Gasteiger partial charge in [0.15, 0.2) is 11.3 Å². The first-order chi connectivity index (χ1) is 21.7. The molecule has 0 N–H and O–H groups in total. The van der Waals surface area contributed by atoms with Crippen LogP contribution < -0.4 is 4.90 Å². The number of carbonyl (C=O) groups is 1. The highest BCUT2D eigenvalue weighted by atomic mass is 79.9. The quantitative estimate of drug-likeness (QED) is 0.207. The number of carbonyl (C=O) groups excluding carboxylic acids is 1. The number of hydrogen-bond acceptors (Lipinski definition) is 7.